The lowest BCUT2D eigenvalue weighted by Crippen LogP contribution is -2.04. The van der Waals surface area contributed by atoms with Gasteiger partial charge in [0.05, 0.1) is 5.56 Å². The molecule has 92 valence electrons. The third-order valence-electron chi connectivity index (χ3n) is 1.73. The van der Waals surface area contributed by atoms with Crippen LogP contribution in [0.5, 0.6) is 0 Å². The van der Waals surface area contributed by atoms with Gasteiger partial charge in [-0.15, -0.1) is 0 Å². The van der Waals surface area contributed by atoms with Crippen LogP contribution in [0.1, 0.15) is 18.1 Å². The lowest BCUT2D eigenvalue weighted by atomic mass is 10.1. The fourth-order valence-electron chi connectivity index (χ4n) is 1.06. The van der Waals surface area contributed by atoms with Gasteiger partial charge in [0.15, 0.2) is 0 Å². The highest BCUT2D eigenvalue weighted by Gasteiger charge is 2.30. The lowest BCUT2D eigenvalue weighted by molar-refractivity contribution is -0.137. The Labute approximate surface area is 98.2 Å². The maximum absolute atomic E-state index is 12.3. The molecule has 5 heteroatoms. The van der Waals surface area contributed by atoms with Gasteiger partial charge in [0.1, 0.15) is 0 Å². The molecule has 0 heterocycles. The van der Waals surface area contributed by atoms with Gasteiger partial charge in [0, 0.05) is 5.75 Å². The molecule has 0 radical (unpaired) electrons. The van der Waals surface area contributed by atoms with Crippen molar-refractivity contribution >= 4 is 11.8 Å². The molecule has 0 saturated heterocycles. The number of nitrogens with two attached hydrogens (primary N) is 1. The van der Waals surface area contributed by atoms with Crippen LogP contribution < -0.4 is 5.73 Å². The summed E-state index contributed by atoms with van der Waals surface area (Å²) in [4.78, 5) is 0. The monoisotopic (exact) mass is 251 g/mol. The van der Waals surface area contributed by atoms with Gasteiger partial charge >= 0.3 is 6.18 Å². The molecule has 1 nitrogen and oxygen atoms in total. The van der Waals surface area contributed by atoms with E-state index in [-0.39, 0.29) is 0 Å². The molecule has 0 amide bonds. The summed E-state index contributed by atoms with van der Waals surface area (Å²) in [5.41, 5.74) is 4.67. The molecular formula is C11H16F3NS. The van der Waals surface area contributed by atoms with Crippen molar-refractivity contribution in [3.05, 3.63) is 35.4 Å². The van der Waals surface area contributed by atoms with Gasteiger partial charge in [-0.2, -0.15) is 24.9 Å². The van der Waals surface area contributed by atoms with Crippen LogP contribution in [0.25, 0.3) is 0 Å². The molecule has 0 aliphatic carbocycles. The smallest absolute Gasteiger partial charge is 0.333 e. The van der Waals surface area contributed by atoms with E-state index >= 15 is 0 Å². The lowest BCUT2D eigenvalue weighted by Gasteiger charge is -2.07. The summed E-state index contributed by atoms with van der Waals surface area (Å²) < 4.78 is 36.8. The van der Waals surface area contributed by atoms with E-state index in [0.29, 0.717) is 5.75 Å². The summed E-state index contributed by atoms with van der Waals surface area (Å²) in [6, 6.07) is 5.48. The van der Waals surface area contributed by atoms with Crippen molar-refractivity contribution in [2.45, 2.75) is 18.9 Å². The highest BCUT2D eigenvalue weighted by molar-refractivity contribution is 7.98. The van der Waals surface area contributed by atoms with Crippen molar-refractivity contribution < 1.29 is 13.2 Å². The van der Waals surface area contributed by atoms with Gasteiger partial charge in [-0.25, -0.2) is 0 Å². The number of rotatable bonds is 3. The first-order chi connectivity index (χ1) is 7.54. The number of hydrogen-bond acceptors (Lipinski definition) is 2. The molecule has 0 aromatic heterocycles. The minimum atomic E-state index is -4.23. The molecule has 0 aliphatic rings. The van der Waals surface area contributed by atoms with Gasteiger partial charge in [0.2, 0.25) is 0 Å². The first-order valence-corrected chi connectivity index (χ1v) is 6.01. The molecule has 16 heavy (non-hydrogen) atoms. The van der Waals surface area contributed by atoms with Gasteiger partial charge in [-0.1, -0.05) is 25.1 Å². The number of thioether (sulfide) groups is 1. The quantitative estimate of drug-likeness (QED) is 0.889. The molecule has 0 bridgehead atoms. The highest BCUT2D eigenvalue weighted by Crippen LogP contribution is 2.30. The van der Waals surface area contributed by atoms with E-state index in [2.05, 4.69) is 5.73 Å². The van der Waals surface area contributed by atoms with E-state index in [1.165, 1.54) is 19.2 Å². The summed E-state index contributed by atoms with van der Waals surface area (Å²) in [7, 11) is 1.50. The first-order valence-electron chi connectivity index (χ1n) is 4.85. The second kappa shape index (κ2) is 7.57. The molecule has 2 N–H and O–H groups in total. The van der Waals surface area contributed by atoms with Gasteiger partial charge in [-0.05, 0) is 24.4 Å². The third kappa shape index (κ3) is 5.42. The second-order valence-electron chi connectivity index (χ2n) is 2.84. The number of alkyl halides is 3. The molecule has 1 aromatic rings. The Morgan fingerprint density at radius 2 is 1.88 bits per heavy atom. The average molecular weight is 251 g/mol. The van der Waals surface area contributed by atoms with Crippen LogP contribution in [0.2, 0.25) is 0 Å². The van der Waals surface area contributed by atoms with E-state index in [1.54, 1.807) is 17.8 Å². The fraction of sp³-hybridized carbons (Fsp3) is 0.455. The zero-order valence-corrected chi connectivity index (χ0v) is 10.2. The van der Waals surface area contributed by atoms with Crippen molar-refractivity contribution in [3.8, 4) is 0 Å². The molecule has 0 spiro atoms. The van der Waals surface area contributed by atoms with Crippen LogP contribution in [0.3, 0.4) is 0 Å². The van der Waals surface area contributed by atoms with Crippen molar-refractivity contribution in [1.29, 1.82) is 0 Å². The molecular weight excluding hydrogens is 235 g/mol. The third-order valence-corrected chi connectivity index (χ3v) is 2.67. The van der Waals surface area contributed by atoms with Crippen LogP contribution in [-0.4, -0.2) is 12.8 Å². The Morgan fingerprint density at radius 3 is 2.38 bits per heavy atom. The maximum atomic E-state index is 12.3. The van der Waals surface area contributed by atoms with E-state index in [4.69, 9.17) is 0 Å². The molecule has 1 rings (SSSR count). The normalized spacial score (nSPS) is 10.6. The van der Waals surface area contributed by atoms with Gasteiger partial charge in [-0.3, -0.25) is 0 Å². The van der Waals surface area contributed by atoms with E-state index < -0.39 is 11.7 Å². The minimum absolute atomic E-state index is 0.563. The molecule has 0 atom stereocenters. The van der Waals surface area contributed by atoms with Crippen LogP contribution >= 0.6 is 11.8 Å². The number of benzene rings is 1. The summed E-state index contributed by atoms with van der Waals surface area (Å²) in [5.74, 6) is 1.55. The summed E-state index contributed by atoms with van der Waals surface area (Å²) >= 11 is 1.61. The number of hydrogen-bond donors (Lipinski definition) is 1. The fourth-order valence-corrected chi connectivity index (χ4v) is 1.68. The Hall–Kier alpha value is -0.680. The minimum Gasteiger partial charge on any atom is -0.333 e. The van der Waals surface area contributed by atoms with Crippen molar-refractivity contribution in [2.24, 2.45) is 5.73 Å². The SMILES string of the molecule is CCSCc1cccc(C(F)(F)F)c1.CN. The Balaban J connectivity index is 0.00000106. The van der Waals surface area contributed by atoms with Crippen molar-refractivity contribution in [1.82, 2.24) is 0 Å². The second-order valence-corrected chi connectivity index (χ2v) is 4.11. The van der Waals surface area contributed by atoms with Gasteiger partial charge in [0.25, 0.3) is 0 Å². The van der Waals surface area contributed by atoms with Crippen LogP contribution in [0, 0.1) is 0 Å². The van der Waals surface area contributed by atoms with Crippen LogP contribution in [-0.2, 0) is 11.9 Å². The average Bonchev–Trinajstić information content (AvgIpc) is 2.28. The van der Waals surface area contributed by atoms with E-state index in [0.717, 1.165) is 17.4 Å². The predicted molar refractivity (Wildman–Crippen MR) is 63.4 cm³/mol. The largest absolute Gasteiger partial charge is 0.416 e. The maximum Gasteiger partial charge on any atom is 0.416 e. The zero-order chi connectivity index (χ0) is 12.6. The Morgan fingerprint density at radius 1 is 1.25 bits per heavy atom. The van der Waals surface area contributed by atoms with Crippen molar-refractivity contribution in [2.75, 3.05) is 12.8 Å². The molecule has 0 unspecified atom stereocenters. The zero-order valence-electron chi connectivity index (χ0n) is 9.34. The Kier molecular flexibility index (Phi) is 7.25. The highest BCUT2D eigenvalue weighted by atomic mass is 32.2. The summed E-state index contributed by atoms with van der Waals surface area (Å²) in [6.45, 7) is 1.98. The summed E-state index contributed by atoms with van der Waals surface area (Å²) in [5, 5.41) is 0. The predicted octanol–water partition coefficient (Wildman–Crippen LogP) is 3.53. The first kappa shape index (κ1) is 15.3. The topological polar surface area (TPSA) is 26.0 Å². The van der Waals surface area contributed by atoms with E-state index in [9.17, 15) is 13.2 Å². The van der Waals surface area contributed by atoms with Gasteiger partial charge < -0.3 is 5.73 Å². The molecule has 0 aliphatic heterocycles. The molecule has 1 aromatic carbocycles. The molecule has 0 fully saturated rings. The van der Waals surface area contributed by atoms with Crippen LogP contribution in [0.4, 0.5) is 13.2 Å². The Bertz CT molecular complexity index is 300. The molecule has 0 saturated carbocycles. The van der Waals surface area contributed by atoms with E-state index in [1.807, 2.05) is 6.92 Å². The van der Waals surface area contributed by atoms with Crippen LogP contribution in [0.15, 0.2) is 24.3 Å². The summed E-state index contributed by atoms with van der Waals surface area (Å²) in [6.07, 6.45) is -4.23. The number of halogens is 3. The van der Waals surface area contributed by atoms with Crippen molar-refractivity contribution in [3.63, 3.8) is 0 Å². The standard InChI is InChI=1S/C10H11F3S.CH5N/c1-2-14-7-8-4-3-5-9(6-8)10(11,12)13;1-2/h3-6H,2,7H2,1H3;2H2,1H3.